The van der Waals surface area contributed by atoms with Crippen molar-refractivity contribution in [1.29, 1.82) is 0 Å². The van der Waals surface area contributed by atoms with Crippen LogP contribution in [0.25, 0.3) is 11.5 Å². The zero-order valence-electron chi connectivity index (χ0n) is 14.0. The normalized spacial score (nSPS) is 17.1. The number of nitrogens with one attached hydrogen (secondary N) is 1. The summed E-state index contributed by atoms with van der Waals surface area (Å²) in [6.45, 7) is 5.78. The molecule has 1 fully saturated rings. The standard InChI is InChI=1S/C17H22N4O3/c1-3-9-18-17(22)21-10-8-13(11-21)23-15-7-5-4-6-14(15)16-19-12(2)20-24-16/h4-7,13H,3,8-11H2,1-2H3,(H,18,22). The molecule has 128 valence electrons. The molecule has 0 spiro atoms. The number of benzene rings is 1. The molecule has 1 unspecified atom stereocenters. The molecule has 24 heavy (non-hydrogen) atoms. The molecule has 2 amide bonds. The van der Waals surface area contributed by atoms with E-state index >= 15 is 0 Å². The van der Waals surface area contributed by atoms with Gasteiger partial charge in [0.15, 0.2) is 5.82 Å². The predicted octanol–water partition coefficient (Wildman–Crippen LogP) is 2.62. The van der Waals surface area contributed by atoms with Crippen molar-refractivity contribution in [2.75, 3.05) is 19.6 Å². The number of hydrogen-bond acceptors (Lipinski definition) is 5. The first kappa shape index (κ1) is 16.3. The second kappa shape index (κ2) is 7.33. The van der Waals surface area contributed by atoms with E-state index in [0.717, 1.165) is 18.4 Å². The molecule has 0 bridgehead atoms. The summed E-state index contributed by atoms with van der Waals surface area (Å²) in [6.07, 6.45) is 1.69. The highest BCUT2D eigenvalue weighted by atomic mass is 16.5. The number of amides is 2. The maximum Gasteiger partial charge on any atom is 0.317 e. The third-order valence-corrected chi connectivity index (χ3v) is 3.90. The number of ether oxygens (including phenoxy) is 1. The number of aryl methyl sites for hydroxylation is 1. The van der Waals surface area contributed by atoms with Gasteiger partial charge in [0.05, 0.1) is 12.1 Å². The fourth-order valence-corrected chi connectivity index (χ4v) is 2.68. The summed E-state index contributed by atoms with van der Waals surface area (Å²) >= 11 is 0. The van der Waals surface area contributed by atoms with E-state index in [4.69, 9.17) is 9.26 Å². The molecule has 0 aliphatic carbocycles. The van der Waals surface area contributed by atoms with Gasteiger partial charge in [-0.25, -0.2) is 4.79 Å². The summed E-state index contributed by atoms with van der Waals surface area (Å²) in [5, 5.41) is 6.72. The first-order chi connectivity index (χ1) is 11.7. The first-order valence-electron chi connectivity index (χ1n) is 8.26. The number of hydrogen-bond donors (Lipinski definition) is 1. The molecule has 7 nitrogen and oxygen atoms in total. The molecule has 1 saturated heterocycles. The zero-order valence-corrected chi connectivity index (χ0v) is 14.0. The van der Waals surface area contributed by atoms with Gasteiger partial charge in [0.2, 0.25) is 0 Å². The minimum absolute atomic E-state index is 0.0243. The average molecular weight is 330 g/mol. The highest BCUT2D eigenvalue weighted by molar-refractivity contribution is 5.74. The van der Waals surface area contributed by atoms with Crippen LogP contribution in [0, 0.1) is 6.92 Å². The number of nitrogens with zero attached hydrogens (tertiary/aromatic N) is 3. The zero-order chi connectivity index (χ0) is 16.9. The Morgan fingerprint density at radius 2 is 2.29 bits per heavy atom. The minimum atomic E-state index is -0.0393. The van der Waals surface area contributed by atoms with E-state index in [2.05, 4.69) is 15.5 Å². The van der Waals surface area contributed by atoms with Gasteiger partial charge in [-0.3, -0.25) is 0 Å². The molecule has 7 heteroatoms. The van der Waals surface area contributed by atoms with E-state index in [9.17, 15) is 4.79 Å². The smallest absolute Gasteiger partial charge is 0.317 e. The Bertz CT molecular complexity index is 701. The molecule has 1 aromatic heterocycles. The van der Waals surface area contributed by atoms with Crippen LogP contribution < -0.4 is 10.1 Å². The predicted molar refractivity (Wildman–Crippen MR) is 88.8 cm³/mol. The molecular formula is C17H22N4O3. The Kier molecular flexibility index (Phi) is 4.98. The van der Waals surface area contributed by atoms with Gasteiger partial charge in [-0.05, 0) is 25.5 Å². The summed E-state index contributed by atoms with van der Waals surface area (Å²) in [5.74, 6) is 1.72. The summed E-state index contributed by atoms with van der Waals surface area (Å²) in [6, 6.07) is 7.56. The van der Waals surface area contributed by atoms with E-state index in [-0.39, 0.29) is 12.1 Å². The minimum Gasteiger partial charge on any atom is -0.488 e. The number of carbonyl (C=O) groups excluding carboxylic acids is 1. The number of aromatic nitrogens is 2. The summed E-state index contributed by atoms with van der Waals surface area (Å²) < 4.78 is 11.3. The molecule has 3 rings (SSSR count). The van der Waals surface area contributed by atoms with Crippen molar-refractivity contribution in [3.05, 3.63) is 30.1 Å². The summed E-state index contributed by atoms with van der Waals surface area (Å²) in [4.78, 5) is 18.1. The van der Waals surface area contributed by atoms with Crippen molar-refractivity contribution >= 4 is 6.03 Å². The lowest BCUT2D eigenvalue weighted by molar-refractivity contribution is 0.187. The third-order valence-electron chi connectivity index (χ3n) is 3.90. The Hall–Kier alpha value is -2.57. The number of likely N-dealkylation sites (tertiary alicyclic amines) is 1. The second-order valence-corrected chi connectivity index (χ2v) is 5.85. The molecule has 2 aromatic rings. The largest absolute Gasteiger partial charge is 0.488 e. The Labute approximate surface area is 141 Å². The van der Waals surface area contributed by atoms with Gasteiger partial charge in [0, 0.05) is 19.5 Å². The van der Waals surface area contributed by atoms with Gasteiger partial charge in [-0.15, -0.1) is 0 Å². The van der Waals surface area contributed by atoms with Gasteiger partial charge in [0.25, 0.3) is 5.89 Å². The molecule has 1 atom stereocenters. The number of carbonyl (C=O) groups is 1. The number of rotatable bonds is 5. The van der Waals surface area contributed by atoms with Crippen LogP contribution in [0.15, 0.2) is 28.8 Å². The van der Waals surface area contributed by atoms with Crippen molar-refractivity contribution < 1.29 is 14.1 Å². The molecule has 0 radical (unpaired) electrons. The monoisotopic (exact) mass is 330 g/mol. The van der Waals surface area contributed by atoms with Gasteiger partial charge in [0.1, 0.15) is 11.9 Å². The molecule has 1 aliphatic heterocycles. The van der Waals surface area contributed by atoms with E-state index in [1.54, 1.807) is 11.8 Å². The quantitative estimate of drug-likeness (QED) is 0.911. The van der Waals surface area contributed by atoms with Gasteiger partial charge in [-0.1, -0.05) is 24.2 Å². The molecule has 1 aliphatic rings. The fourth-order valence-electron chi connectivity index (χ4n) is 2.68. The van der Waals surface area contributed by atoms with E-state index in [1.165, 1.54) is 0 Å². The fraction of sp³-hybridized carbons (Fsp3) is 0.471. The van der Waals surface area contributed by atoms with Crippen LogP contribution in [0.3, 0.4) is 0 Å². The van der Waals surface area contributed by atoms with Gasteiger partial charge < -0.3 is 19.5 Å². The topological polar surface area (TPSA) is 80.5 Å². The third kappa shape index (κ3) is 3.67. The highest BCUT2D eigenvalue weighted by Gasteiger charge is 2.28. The van der Waals surface area contributed by atoms with Crippen molar-refractivity contribution in [3.8, 4) is 17.2 Å². The van der Waals surface area contributed by atoms with Crippen molar-refractivity contribution in [3.63, 3.8) is 0 Å². The first-order valence-corrected chi connectivity index (χ1v) is 8.26. The van der Waals surface area contributed by atoms with Crippen LogP contribution in [0.5, 0.6) is 5.75 Å². The molecular weight excluding hydrogens is 308 g/mol. The average Bonchev–Trinajstić information content (AvgIpc) is 3.22. The van der Waals surface area contributed by atoms with Gasteiger partial charge >= 0.3 is 6.03 Å². The number of para-hydroxylation sites is 1. The van der Waals surface area contributed by atoms with E-state index in [0.29, 0.717) is 37.1 Å². The molecule has 0 saturated carbocycles. The van der Waals surface area contributed by atoms with Crippen LogP contribution in [0.1, 0.15) is 25.6 Å². The van der Waals surface area contributed by atoms with Crippen molar-refractivity contribution in [2.45, 2.75) is 32.8 Å². The Balaban J connectivity index is 1.66. The van der Waals surface area contributed by atoms with E-state index in [1.807, 2.05) is 31.2 Å². The van der Waals surface area contributed by atoms with Crippen LogP contribution in [-0.4, -0.2) is 46.8 Å². The lowest BCUT2D eigenvalue weighted by Crippen LogP contribution is -2.39. The lowest BCUT2D eigenvalue weighted by Gasteiger charge is -2.18. The lowest BCUT2D eigenvalue weighted by atomic mass is 10.2. The SMILES string of the molecule is CCCNC(=O)N1CCC(Oc2ccccc2-c2nc(C)no2)C1. The maximum atomic E-state index is 12.0. The summed E-state index contributed by atoms with van der Waals surface area (Å²) in [7, 11) is 0. The molecule has 1 aromatic carbocycles. The second-order valence-electron chi connectivity index (χ2n) is 5.85. The highest BCUT2D eigenvalue weighted by Crippen LogP contribution is 2.30. The van der Waals surface area contributed by atoms with Crippen molar-refractivity contribution in [2.24, 2.45) is 0 Å². The Morgan fingerprint density at radius 3 is 3.04 bits per heavy atom. The molecule has 2 heterocycles. The van der Waals surface area contributed by atoms with E-state index < -0.39 is 0 Å². The van der Waals surface area contributed by atoms with Crippen LogP contribution >= 0.6 is 0 Å². The summed E-state index contributed by atoms with van der Waals surface area (Å²) in [5.41, 5.74) is 0.770. The Morgan fingerprint density at radius 1 is 1.46 bits per heavy atom. The van der Waals surface area contributed by atoms with Crippen molar-refractivity contribution in [1.82, 2.24) is 20.4 Å². The van der Waals surface area contributed by atoms with Gasteiger partial charge in [-0.2, -0.15) is 4.98 Å². The molecule has 1 N–H and O–H groups in total. The van der Waals surface area contributed by atoms with Crippen LogP contribution in [-0.2, 0) is 0 Å². The van der Waals surface area contributed by atoms with Crippen LogP contribution in [0.4, 0.5) is 4.79 Å². The maximum absolute atomic E-state index is 12.0. The number of urea groups is 1. The van der Waals surface area contributed by atoms with Crippen LogP contribution in [0.2, 0.25) is 0 Å².